The summed E-state index contributed by atoms with van der Waals surface area (Å²) in [5.41, 5.74) is 3.65. The third kappa shape index (κ3) is 3.07. The Morgan fingerprint density at radius 2 is 2.13 bits per heavy atom. The molecule has 1 unspecified atom stereocenters. The quantitative estimate of drug-likeness (QED) is 0.851. The van der Waals surface area contributed by atoms with Crippen molar-refractivity contribution in [2.45, 2.75) is 45.1 Å². The summed E-state index contributed by atoms with van der Waals surface area (Å²) < 4.78 is 33.1. The van der Waals surface area contributed by atoms with E-state index in [-0.39, 0.29) is 24.0 Å². The molecular formula is C16H21NO5S. The Morgan fingerprint density at radius 3 is 2.78 bits per heavy atom. The van der Waals surface area contributed by atoms with E-state index in [0.29, 0.717) is 12.8 Å². The van der Waals surface area contributed by atoms with E-state index in [1.54, 1.807) is 0 Å². The van der Waals surface area contributed by atoms with Gasteiger partial charge in [-0.15, -0.1) is 0 Å². The highest BCUT2D eigenvalue weighted by Crippen LogP contribution is 2.47. The van der Waals surface area contributed by atoms with E-state index in [2.05, 4.69) is 5.32 Å². The molecule has 7 heteroatoms. The standard InChI is InChI=1S/C16H21NO5S/c1-9-5-12-11(6-10(22-12)8-21-23(4,19)20)14-15(9)17-13(18)7-16(14,2)3/h5,10H,6-8H2,1-4H3,(H,17,18). The van der Waals surface area contributed by atoms with Crippen LogP contribution >= 0.6 is 0 Å². The van der Waals surface area contributed by atoms with Gasteiger partial charge in [0.15, 0.2) is 0 Å². The second kappa shape index (κ2) is 5.21. The molecule has 2 aliphatic rings. The van der Waals surface area contributed by atoms with E-state index in [9.17, 15) is 13.2 Å². The van der Waals surface area contributed by atoms with Crippen LogP contribution in [0, 0.1) is 6.92 Å². The zero-order chi connectivity index (χ0) is 17.0. The molecule has 0 bridgehead atoms. The molecule has 1 N–H and O–H groups in total. The summed E-state index contributed by atoms with van der Waals surface area (Å²) in [5.74, 6) is 0.772. The molecule has 0 aliphatic carbocycles. The first-order valence-corrected chi connectivity index (χ1v) is 9.36. The lowest BCUT2D eigenvalue weighted by Crippen LogP contribution is -2.34. The summed E-state index contributed by atoms with van der Waals surface area (Å²) in [6.07, 6.45) is 1.69. The maximum absolute atomic E-state index is 11.9. The van der Waals surface area contributed by atoms with Gasteiger partial charge in [0.05, 0.1) is 6.26 Å². The Balaban J connectivity index is 1.97. The van der Waals surface area contributed by atoms with Crippen LogP contribution in [0.4, 0.5) is 5.69 Å². The van der Waals surface area contributed by atoms with Crippen molar-refractivity contribution in [3.05, 3.63) is 22.8 Å². The van der Waals surface area contributed by atoms with Crippen molar-refractivity contribution in [1.82, 2.24) is 0 Å². The molecule has 1 amide bonds. The Morgan fingerprint density at radius 1 is 1.43 bits per heavy atom. The van der Waals surface area contributed by atoms with Gasteiger partial charge in [-0.3, -0.25) is 8.98 Å². The molecule has 126 valence electrons. The average molecular weight is 339 g/mol. The topological polar surface area (TPSA) is 81.7 Å². The summed E-state index contributed by atoms with van der Waals surface area (Å²) in [4.78, 5) is 11.9. The maximum Gasteiger partial charge on any atom is 0.264 e. The second-order valence-corrected chi connectivity index (χ2v) is 8.61. The monoisotopic (exact) mass is 339 g/mol. The Kier molecular flexibility index (Phi) is 3.68. The molecule has 23 heavy (non-hydrogen) atoms. The molecule has 0 aromatic heterocycles. The summed E-state index contributed by atoms with van der Waals surface area (Å²) in [5, 5.41) is 2.96. The Hall–Kier alpha value is -1.60. The predicted molar refractivity (Wildman–Crippen MR) is 86.4 cm³/mol. The number of fused-ring (bicyclic) bond motifs is 3. The van der Waals surface area contributed by atoms with Crippen molar-refractivity contribution in [2.75, 3.05) is 18.2 Å². The number of anilines is 1. The lowest BCUT2D eigenvalue weighted by Gasteiger charge is -2.34. The van der Waals surface area contributed by atoms with Crippen LogP contribution in [0.2, 0.25) is 0 Å². The van der Waals surface area contributed by atoms with Gasteiger partial charge < -0.3 is 10.1 Å². The minimum atomic E-state index is -3.49. The predicted octanol–water partition coefficient (Wildman–Crippen LogP) is 1.89. The lowest BCUT2D eigenvalue weighted by molar-refractivity contribution is -0.117. The molecule has 0 fully saturated rings. The minimum Gasteiger partial charge on any atom is -0.487 e. The third-order valence-electron chi connectivity index (χ3n) is 4.33. The number of hydrogen-bond donors (Lipinski definition) is 1. The zero-order valence-electron chi connectivity index (χ0n) is 13.7. The van der Waals surface area contributed by atoms with E-state index in [0.717, 1.165) is 34.4 Å². The minimum absolute atomic E-state index is 0.00583. The highest BCUT2D eigenvalue weighted by molar-refractivity contribution is 7.85. The van der Waals surface area contributed by atoms with Gasteiger partial charge in [-0.25, -0.2) is 0 Å². The first-order chi connectivity index (χ1) is 10.6. The van der Waals surface area contributed by atoms with Crippen LogP contribution in [-0.2, 0) is 30.9 Å². The summed E-state index contributed by atoms with van der Waals surface area (Å²) in [7, 11) is -3.49. The molecule has 0 saturated heterocycles. The number of aryl methyl sites for hydroxylation is 1. The van der Waals surface area contributed by atoms with Crippen molar-refractivity contribution in [2.24, 2.45) is 0 Å². The van der Waals surface area contributed by atoms with Gasteiger partial charge in [0.25, 0.3) is 10.1 Å². The highest BCUT2D eigenvalue weighted by Gasteiger charge is 2.39. The smallest absolute Gasteiger partial charge is 0.264 e. The van der Waals surface area contributed by atoms with Crippen LogP contribution in [-0.4, -0.2) is 33.3 Å². The fraction of sp³-hybridized carbons (Fsp3) is 0.562. The van der Waals surface area contributed by atoms with E-state index in [4.69, 9.17) is 8.92 Å². The number of ether oxygens (including phenoxy) is 1. The Bertz CT molecular complexity index is 782. The van der Waals surface area contributed by atoms with Crippen molar-refractivity contribution < 1.29 is 22.1 Å². The number of carbonyl (C=O) groups is 1. The number of hydrogen-bond acceptors (Lipinski definition) is 5. The van der Waals surface area contributed by atoms with Gasteiger partial charge in [0.1, 0.15) is 18.5 Å². The summed E-state index contributed by atoms with van der Waals surface area (Å²) >= 11 is 0. The number of rotatable bonds is 3. The molecule has 0 radical (unpaired) electrons. The molecule has 0 spiro atoms. The van der Waals surface area contributed by atoms with E-state index in [1.165, 1.54) is 0 Å². The van der Waals surface area contributed by atoms with E-state index >= 15 is 0 Å². The van der Waals surface area contributed by atoms with Gasteiger partial charge in [0, 0.05) is 29.5 Å². The van der Waals surface area contributed by atoms with Crippen LogP contribution in [0.5, 0.6) is 5.75 Å². The number of carbonyl (C=O) groups excluding carboxylic acids is 1. The number of amides is 1. The molecule has 2 aliphatic heterocycles. The largest absolute Gasteiger partial charge is 0.487 e. The van der Waals surface area contributed by atoms with Crippen LogP contribution in [0.15, 0.2) is 6.07 Å². The highest BCUT2D eigenvalue weighted by atomic mass is 32.2. The van der Waals surface area contributed by atoms with Crippen LogP contribution < -0.4 is 10.1 Å². The molecule has 6 nitrogen and oxygen atoms in total. The van der Waals surface area contributed by atoms with Crippen molar-refractivity contribution in [1.29, 1.82) is 0 Å². The molecule has 0 saturated carbocycles. The van der Waals surface area contributed by atoms with Gasteiger partial charge in [-0.1, -0.05) is 13.8 Å². The molecule has 1 atom stereocenters. The van der Waals surface area contributed by atoms with Crippen molar-refractivity contribution in [3.63, 3.8) is 0 Å². The zero-order valence-corrected chi connectivity index (χ0v) is 14.5. The SMILES string of the molecule is Cc1cc2c(c3c1NC(=O)CC3(C)C)CC(COS(C)(=O)=O)O2. The normalized spacial score (nSPS) is 22.1. The number of benzene rings is 1. The Labute approximate surface area is 136 Å². The molecule has 1 aromatic carbocycles. The molecular weight excluding hydrogens is 318 g/mol. The van der Waals surface area contributed by atoms with Crippen LogP contribution in [0.3, 0.4) is 0 Å². The van der Waals surface area contributed by atoms with Gasteiger partial charge in [-0.05, 0) is 24.1 Å². The number of nitrogens with one attached hydrogen (secondary N) is 1. The summed E-state index contributed by atoms with van der Waals surface area (Å²) in [6, 6.07) is 1.90. The van der Waals surface area contributed by atoms with E-state index in [1.807, 2.05) is 26.8 Å². The van der Waals surface area contributed by atoms with Crippen molar-refractivity contribution >= 4 is 21.7 Å². The van der Waals surface area contributed by atoms with Gasteiger partial charge in [-0.2, -0.15) is 8.42 Å². The van der Waals surface area contributed by atoms with Gasteiger partial charge >= 0.3 is 0 Å². The fourth-order valence-electron chi connectivity index (χ4n) is 3.46. The van der Waals surface area contributed by atoms with E-state index < -0.39 is 10.1 Å². The first kappa shape index (κ1) is 16.3. The lowest BCUT2D eigenvalue weighted by atomic mass is 9.74. The summed E-state index contributed by atoms with van der Waals surface area (Å²) in [6.45, 7) is 6.02. The van der Waals surface area contributed by atoms with Gasteiger partial charge in [0.2, 0.25) is 5.91 Å². The van der Waals surface area contributed by atoms with Crippen LogP contribution in [0.1, 0.15) is 37.0 Å². The van der Waals surface area contributed by atoms with Crippen molar-refractivity contribution in [3.8, 4) is 5.75 Å². The second-order valence-electron chi connectivity index (χ2n) is 6.96. The third-order valence-corrected chi connectivity index (χ3v) is 4.89. The average Bonchev–Trinajstić information content (AvgIpc) is 2.76. The molecule has 1 aromatic rings. The molecule has 3 rings (SSSR count). The molecule has 2 heterocycles. The maximum atomic E-state index is 11.9. The fourth-order valence-corrected chi connectivity index (χ4v) is 3.86. The van der Waals surface area contributed by atoms with Crippen LogP contribution in [0.25, 0.3) is 0 Å². The first-order valence-electron chi connectivity index (χ1n) is 7.55.